The molecule has 0 saturated carbocycles. The van der Waals surface area contributed by atoms with E-state index in [4.69, 9.17) is 18.9 Å². The molecular formula is C17H23Cl3N3O4V-3. The average molecular weight is 491 g/mol. The Labute approximate surface area is 196 Å². The Morgan fingerprint density at radius 3 is 1.61 bits per heavy atom. The van der Waals surface area contributed by atoms with Gasteiger partial charge in [0.15, 0.2) is 0 Å². The third-order valence-corrected chi connectivity index (χ3v) is 3.88. The van der Waals surface area contributed by atoms with Crippen molar-refractivity contribution >= 4 is 11.8 Å². The fraction of sp³-hybridized carbons (Fsp3) is 0.588. The van der Waals surface area contributed by atoms with Crippen molar-refractivity contribution in [1.82, 2.24) is 4.98 Å². The normalized spacial score (nSPS) is 24.9. The van der Waals surface area contributed by atoms with Gasteiger partial charge in [0.2, 0.25) is 11.8 Å². The summed E-state index contributed by atoms with van der Waals surface area (Å²) in [7, 11) is 3.31. The quantitative estimate of drug-likeness (QED) is 0.396. The summed E-state index contributed by atoms with van der Waals surface area (Å²) >= 11 is 0. The molecule has 3 rings (SSSR count). The molecule has 28 heavy (non-hydrogen) atoms. The molecule has 159 valence electrons. The van der Waals surface area contributed by atoms with Crippen molar-refractivity contribution in [1.29, 1.82) is 0 Å². The fourth-order valence-electron chi connectivity index (χ4n) is 2.77. The number of hydrogen-bond donors (Lipinski definition) is 0. The summed E-state index contributed by atoms with van der Waals surface area (Å²) in [5.74, 6) is 1.05. The molecule has 2 unspecified atom stereocenters. The van der Waals surface area contributed by atoms with Crippen LogP contribution >= 0.6 is 0 Å². The molecule has 1 aromatic heterocycles. The minimum atomic E-state index is -0.375. The molecular weight excluding hydrogens is 468 g/mol. The zero-order chi connectivity index (χ0) is 17.2. The van der Waals surface area contributed by atoms with Gasteiger partial charge in [0.25, 0.3) is 0 Å². The van der Waals surface area contributed by atoms with E-state index in [1.54, 1.807) is 14.2 Å². The Bertz CT molecular complexity index is 642. The summed E-state index contributed by atoms with van der Waals surface area (Å²) in [4.78, 5) is 13.8. The molecule has 1 radical (unpaired) electrons. The van der Waals surface area contributed by atoms with E-state index >= 15 is 0 Å². The van der Waals surface area contributed by atoms with Gasteiger partial charge < -0.3 is 56.2 Å². The zero-order valence-electron chi connectivity index (χ0n) is 16.1. The molecule has 0 fully saturated rings. The van der Waals surface area contributed by atoms with E-state index in [-0.39, 0.29) is 66.9 Å². The molecule has 0 aliphatic carbocycles. The second-order valence-corrected chi connectivity index (χ2v) is 6.68. The van der Waals surface area contributed by atoms with Crippen LogP contribution in [-0.4, -0.2) is 68.5 Å². The Balaban J connectivity index is 0. The van der Waals surface area contributed by atoms with E-state index < -0.39 is 0 Å². The van der Waals surface area contributed by atoms with E-state index in [9.17, 15) is 0 Å². The van der Waals surface area contributed by atoms with Crippen LogP contribution in [0.5, 0.6) is 0 Å². The van der Waals surface area contributed by atoms with Gasteiger partial charge in [0.05, 0.1) is 13.2 Å². The molecule has 3 heterocycles. The third kappa shape index (κ3) is 6.76. The van der Waals surface area contributed by atoms with Gasteiger partial charge in [-0.2, -0.15) is 0 Å². The van der Waals surface area contributed by atoms with Gasteiger partial charge in [0, 0.05) is 32.8 Å². The van der Waals surface area contributed by atoms with Gasteiger partial charge in [-0.05, 0) is 26.0 Å². The van der Waals surface area contributed by atoms with E-state index in [0.717, 1.165) is 0 Å². The summed E-state index contributed by atoms with van der Waals surface area (Å²) in [6, 6.07) is 5.63. The molecule has 2 aliphatic rings. The monoisotopic (exact) mass is 489 g/mol. The summed E-state index contributed by atoms with van der Waals surface area (Å²) in [6.07, 6.45) is 0. The molecule has 0 aromatic carbocycles. The number of halogens is 3. The number of aliphatic imine (C=N–C) groups is 2. The van der Waals surface area contributed by atoms with E-state index in [1.165, 1.54) is 0 Å². The van der Waals surface area contributed by atoms with Crippen LogP contribution in [0, 0.1) is 0 Å². The Hall–Kier alpha value is -0.536. The number of aromatic nitrogens is 1. The number of hydrogen-bond acceptors (Lipinski definition) is 7. The minimum absolute atomic E-state index is 0. The minimum Gasteiger partial charge on any atom is -1.00 e. The first-order valence-corrected chi connectivity index (χ1v) is 7.88. The summed E-state index contributed by atoms with van der Waals surface area (Å²) in [6.45, 7) is 5.95. The van der Waals surface area contributed by atoms with Crippen LogP contribution in [0.4, 0.5) is 0 Å². The van der Waals surface area contributed by atoms with Gasteiger partial charge in [-0.3, -0.25) is 0 Å². The van der Waals surface area contributed by atoms with Crippen molar-refractivity contribution in [3.8, 4) is 0 Å². The largest absolute Gasteiger partial charge is 1.00 e. The van der Waals surface area contributed by atoms with Crippen LogP contribution in [0.15, 0.2) is 28.2 Å². The number of ether oxygens (including phenoxy) is 4. The van der Waals surface area contributed by atoms with Crippen molar-refractivity contribution < 1.29 is 74.7 Å². The maximum Gasteiger partial charge on any atom is 0.236 e. The molecule has 0 amide bonds. The van der Waals surface area contributed by atoms with Crippen molar-refractivity contribution in [2.45, 2.75) is 24.9 Å². The number of rotatable bonds is 6. The van der Waals surface area contributed by atoms with Gasteiger partial charge in [0.1, 0.15) is 35.7 Å². The summed E-state index contributed by atoms with van der Waals surface area (Å²) < 4.78 is 21.8. The summed E-state index contributed by atoms with van der Waals surface area (Å²) in [5, 5.41) is 0. The standard InChI is InChI=1S/C17H23N3O4.3ClH.V/c1-16(8-21-3)10-23-14(19-16)12-6-5-7-13(18-12)15-20-17(2,9-22-4)11-24-15;;;;/h5-7H,8-11H2,1-4H3;3*1H;/p-3. The molecule has 0 N–H and O–H groups in total. The molecule has 2 atom stereocenters. The molecule has 0 spiro atoms. The van der Waals surface area contributed by atoms with E-state index in [2.05, 4.69) is 15.0 Å². The van der Waals surface area contributed by atoms with Crippen molar-refractivity contribution in [2.24, 2.45) is 9.98 Å². The first-order chi connectivity index (χ1) is 11.5. The molecule has 7 nitrogen and oxygen atoms in total. The van der Waals surface area contributed by atoms with Crippen LogP contribution in [0.25, 0.3) is 0 Å². The van der Waals surface area contributed by atoms with Crippen LogP contribution in [0.1, 0.15) is 25.2 Å². The van der Waals surface area contributed by atoms with Gasteiger partial charge >= 0.3 is 0 Å². The second-order valence-electron chi connectivity index (χ2n) is 6.68. The van der Waals surface area contributed by atoms with Crippen LogP contribution < -0.4 is 37.2 Å². The average Bonchev–Trinajstić information content (AvgIpc) is 3.12. The number of pyridine rings is 1. The first kappa shape index (κ1) is 29.7. The summed E-state index contributed by atoms with van der Waals surface area (Å²) in [5.41, 5.74) is 0.582. The van der Waals surface area contributed by atoms with Crippen LogP contribution in [-0.2, 0) is 37.5 Å². The van der Waals surface area contributed by atoms with Crippen molar-refractivity contribution in [2.75, 3.05) is 40.6 Å². The van der Waals surface area contributed by atoms with Gasteiger partial charge in [-0.1, -0.05) is 6.07 Å². The Kier molecular flexibility index (Phi) is 13.0. The molecule has 11 heteroatoms. The molecule has 1 aromatic rings. The topological polar surface area (TPSA) is 74.5 Å². The SMILES string of the molecule is COCC1(C)COC(c2cccc(C3=NC(C)(COC)CO3)n2)=N1.[Cl-].[Cl-].[Cl-].[V]. The van der Waals surface area contributed by atoms with Crippen LogP contribution in [0.2, 0.25) is 0 Å². The van der Waals surface area contributed by atoms with Crippen molar-refractivity contribution in [3.05, 3.63) is 29.6 Å². The third-order valence-electron chi connectivity index (χ3n) is 3.88. The fourth-order valence-corrected chi connectivity index (χ4v) is 2.77. The van der Waals surface area contributed by atoms with E-state index in [1.807, 2.05) is 32.0 Å². The molecule has 0 bridgehead atoms. The van der Waals surface area contributed by atoms with E-state index in [0.29, 0.717) is 49.6 Å². The maximum absolute atomic E-state index is 5.71. The second kappa shape index (κ2) is 12.2. The zero-order valence-corrected chi connectivity index (χ0v) is 19.8. The molecule has 0 saturated heterocycles. The number of nitrogens with zero attached hydrogens (tertiary/aromatic N) is 3. The Morgan fingerprint density at radius 2 is 1.25 bits per heavy atom. The molecule has 2 aliphatic heterocycles. The van der Waals surface area contributed by atoms with Crippen molar-refractivity contribution in [3.63, 3.8) is 0 Å². The van der Waals surface area contributed by atoms with Gasteiger partial charge in [-0.25, -0.2) is 15.0 Å². The number of methoxy groups -OCH3 is 2. The maximum atomic E-state index is 5.71. The first-order valence-electron chi connectivity index (χ1n) is 7.88. The van der Waals surface area contributed by atoms with Gasteiger partial charge in [-0.15, -0.1) is 0 Å². The smallest absolute Gasteiger partial charge is 0.236 e. The predicted molar refractivity (Wildman–Crippen MR) is 89.8 cm³/mol. The van der Waals surface area contributed by atoms with Crippen LogP contribution in [0.3, 0.4) is 0 Å². The Morgan fingerprint density at radius 1 is 0.857 bits per heavy atom. The predicted octanol–water partition coefficient (Wildman–Crippen LogP) is -7.55.